The first-order valence-electron chi connectivity index (χ1n) is 11.1. The minimum atomic E-state index is -0.425. The van der Waals surface area contributed by atoms with Crippen LogP contribution in [0.4, 0.5) is 4.39 Å². The average molecular weight is 584 g/mol. The van der Waals surface area contributed by atoms with E-state index in [1.165, 1.54) is 57.3 Å². The highest BCUT2D eigenvalue weighted by Gasteiger charge is 2.19. The number of nitrogens with zero attached hydrogens (tertiary/aromatic N) is 5. The van der Waals surface area contributed by atoms with Gasteiger partial charge in [0.05, 0.1) is 29.2 Å². The van der Waals surface area contributed by atoms with E-state index in [0.29, 0.717) is 53.8 Å². The van der Waals surface area contributed by atoms with E-state index in [1.54, 1.807) is 29.0 Å². The van der Waals surface area contributed by atoms with E-state index in [1.807, 2.05) is 6.07 Å². The van der Waals surface area contributed by atoms with E-state index >= 15 is 0 Å². The fourth-order valence-corrected chi connectivity index (χ4v) is 6.24. The second-order valence-corrected chi connectivity index (χ2v) is 11.2. The lowest BCUT2D eigenvalue weighted by molar-refractivity contribution is 0.495. The molecule has 38 heavy (non-hydrogen) atoms. The van der Waals surface area contributed by atoms with Gasteiger partial charge in [0.25, 0.3) is 11.1 Å². The molecule has 0 N–H and O–H groups in total. The number of thiazole rings is 1. The van der Waals surface area contributed by atoms with E-state index in [-0.39, 0.29) is 16.9 Å². The van der Waals surface area contributed by atoms with Gasteiger partial charge in [0.15, 0.2) is 14.8 Å². The number of fused-ring (bicyclic) bond motifs is 2. The Morgan fingerprint density at radius 3 is 2.68 bits per heavy atom. The van der Waals surface area contributed by atoms with Crippen LogP contribution in [0.1, 0.15) is 11.5 Å². The van der Waals surface area contributed by atoms with Crippen molar-refractivity contribution in [3.63, 3.8) is 0 Å². The highest BCUT2D eigenvalue weighted by atomic mass is 35.5. The van der Waals surface area contributed by atoms with Gasteiger partial charge in [-0.1, -0.05) is 34.7 Å². The molecule has 6 rings (SSSR count). The minimum absolute atomic E-state index is 0.247. The molecule has 0 aliphatic carbocycles. The van der Waals surface area contributed by atoms with Crippen LogP contribution in [-0.4, -0.2) is 23.5 Å². The Hall–Kier alpha value is -3.58. The molecular weight excluding hydrogens is 569 g/mol. The first-order chi connectivity index (χ1) is 18.4. The fourth-order valence-electron chi connectivity index (χ4n) is 3.93. The lowest BCUT2D eigenvalue weighted by Crippen LogP contribution is -2.22. The predicted octanol–water partition coefficient (Wildman–Crippen LogP) is 5.71. The normalized spacial score (nSPS) is 11.5. The van der Waals surface area contributed by atoms with Gasteiger partial charge in [0.1, 0.15) is 21.9 Å². The van der Waals surface area contributed by atoms with Gasteiger partial charge in [-0.05, 0) is 60.7 Å². The van der Waals surface area contributed by atoms with Crippen LogP contribution in [0.2, 0.25) is 5.02 Å². The Kier molecular flexibility index (Phi) is 6.48. The van der Waals surface area contributed by atoms with Crippen LogP contribution in [-0.2, 0) is 12.3 Å². The molecular formula is C25H15ClFN5O3S3. The zero-order valence-electron chi connectivity index (χ0n) is 19.2. The average Bonchev–Trinajstić information content (AvgIpc) is 3.53. The molecule has 8 nitrogen and oxygen atoms in total. The molecule has 0 aliphatic heterocycles. The molecule has 5 heterocycles. The van der Waals surface area contributed by atoms with Crippen LogP contribution < -0.4 is 11.1 Å². The summed E-state index contributed by atoms with van der Waals surface area (Å²) in [5, 5.41) is 0.761. The molecule has 13 heteroatoms. The molecule has 0 amide bonds. The standard InChI is InChI=1S/C25H15ClFN5O3S3/c26-14-3-8-19-28-16(10-20(33)30(19)11-14)13-37-24-29-22-21(23(34)32(24)17-6-4-15(27)5-7-17)38-25(36)31(22)12-18-2-1-9-35-18/h1-11H,12-13H2. The van der Waals surface area contributed by atoms with Crippen molar-refractivity contribution in [3.05, 3.63) is 114 Å². The molecule has 6 aromatic rings. The minimum Gasteiger partial charge on any atom is -0.467 e. The first kappa shape index (κ1) is 24.7. The summed E-state index contributed by atoms with van der Waals surface area (Å²) in [5.74, 6) is 0.489. The van der Waals surface area contributed by atoms with E-state index in [4.69, 9.17) is 33.2 Å². The molecule has 0 atom stereocenters. The summed E-state index contributed by atoms with van der Waals surface area (Å²) in [4.78, 5) is 35.7. The topological polar surface area (TPSA) is 87.3 Å². The maximum atomic E-state index is 13.7. The Bertz CT molecular complexity index is 2000. The lowest BCUT2D eigenvalue weighted by Gasteiger charge is -2.13. The van der Waals surface area contributed by atoms with Gasteiger partial charge in [-0.25, -0.2) is 14.4 Å². The summed E-state index contributed by atoms with van der Waals surface area (Å²) in [6, 6.07) is 13.9. The molecule has 0 radical (unpaired) electrons. The monoisotopic (exact) mass is 583 g/mol. The fraction of sp³-hybridized carbons (Fsp3) is 0.0800. The molecule has 0 saturated carbocycles. The third kappa shape index (κ3) is 4.60. The Balaban J connectivity index is 1.48. The van der Waals surface area contributed by atoms with Crippen molar-refractivity contribution < 1.29 is 8.81 Å². The van der Waals surface area contributed by atoms with E-state index < -0.39 is 5.82 Å². The van der Waals surface area contributed by atoms with Crippen LogP contribution >= 0.6 is 46.9 Å². The second-order valence-electron chi connectivity index (χ2n) is 8.15. The zero-order valence-corrected chi connectivity index (χ0v) is 22.4. The number of benzene rings is 1. The summed E-state index contributed by atoms with van der Waals surface area (Å²) in [7, 11) is 0. The number of pyridine rings is 1. The lowest BCUT2D eigenvalue weighted by atomic mass is 10.3. The quantitative estimate of drug-likeness (QED) is 0.141. The van der Waals surface area contributed by atoms with Crippen molar-refractivity contribution in [2.75, 3.05) is 0 Å². The van der Waals surface area contributed by atoms with Crippen LogP contribution in [0, 0.1) is 9.77 Å². The van der Waals surface area contributed by atoms with E-state index in [2.05, 4.69) is 4.98 Å². The Morgan fingerprint density at radius 1 is 1.11 bits per heavy atom. The molecule has 0 unspecified atom stereocenters. The maximum absolute atomic E-state index is 13.7. The van der Waals surface area contributed by atoms with Gasteiger partial charge in [-0.2, -0.15) is 0 Å². The van der Waals surface area contributed by atoms with Gasteiger partial charge in [0.2, 0.25) is 0 Å². The maximum Gasteiger partial charge on any atom is 0.278 e. The number of hydrogen-bond acceptors (Lipinski definition) is 8. The summed E-state index contributed by atoms with van der Waals surface area (Å²) in [6.45, 7) is 0.314. The van der Waals surface area contributed by atoms with Crippen LogP contribution in [0.25, 0.3) is 21.7 Å². The number of furan rings is 1. The summed E-state index contributed by atoms with van der Waals surface area (Å²) < 4.78 is 24.5. The molecule has 0 spiro atoms. The third-order valence-corrected chi connectivity index (χ3v) is 8.29. The van der Waals surface area contributed by atoms with Crippen molar-refractivity contribution >= 4 is 62.9 Å². The predicted molar refractivity (Wildman–Crippen MR) is 148 cm³/mol. The molecule has 0 saturated heterocycles. The van der Waals surface area contributed by atoms with E-state index in [0.717, 1.165) is 11.3 Å². The molecule has 1 aromatic carbocycles. The highest BCUT2D eigenvalue weighted by molar-refractivity contribution is 7.98. The highest BCUT2D eigenvalue weighted by Crippen LogP contribution is 2.27. The smallest absolute Gasteiger partial charge is 0.278 e. The number of hydrogen-bond donors (Lipinski definition) is 0. The van der Waals surface area contributed by atoms with Crippen molar-refractivity contribution in [1.82, 2.24) is 23.5 Å². The van der Waals surface area contributed by atoms with Crippen LogP contribution in [0.3, 0.4) is 0 Å². The van der Waals surface area contributed by atoms with Crippen LogP contribution in [0.5, 0.6) is 0 Å². The second kappa shape index (κ2) is 9.95. The van der Waals surface area contributed by atoms with Crippen molar-refractivity contribution in [1.29, 1.82) is 0 Å². The van der Waals surface area contributed by atoms with Crippen molar-refractivity contribution in [3.8, 4) is 5.69 Å². The van der Waals surface area contributed by atoms with Gasteiger partial charge < -0.3 is 4.42 Å². The number of halogens is 2. The van der Waals surface area contributed by atoms with Gasteiger partial charge in [-0.3, -0.25) is 23.1 Å². The first-order valence-corrected chi connectivity index (χ1v) is 13.7. The molecule has 0 fully saturated rings. The number of rotatable bonds is 6. The molecule has 0 aliphatic rings. The summed E-state index contributed by atoms with van der Waals surface area (Å²) in [6.07, 6.45) is 3.07. The van der Waals surface area contributed by atoms with Gasteiger partial charge in [0, 0.05) is 18.0 Å². The number of aromatic nitrogens is 5. The summed E-state index contributed by atoms with van der Waals surface area (Å²) >= 11 is 13.9. The van der Waals surface area contributed by atoms with Gasteiger partial charge >= 0.3 is 0 Å². The Labute approximate surface area is 231 Å². The molecule has 5 aromatic heterocycles. The van der Waals surface area contributed by atoms with Crippen LogP contribution in [0.15, 0.2) is 86.2 Å². The number of thioether (sulfide) groups is 1. The van der Waals surface area contributed by atoms with Gasteiger partial charge in [-0.15, -0.1) is 0 Å². The molecule has 190 valence electrons. The van der Waals surface area contributed by atoms with E-state index in [9.17, 15) is 14.0 Å². The molecule has 0 bridgehead atoms. The van der Waals surface area contributed by atoms with Crippen molar-refractivity contribution in [2.24, 2.45) is 0 Å². The third-order valence-electron chi connectivity index (χ3n) is 5.66. The van der Waals surface area contributed by atoms with Crippen molar-refractivity contribution in [2.45, 2.75) is 17.5 Å². The Morgan fingerprint density at radius 2 is 1.92 bits per heavy atom. The SMILES string of the molecule is O=c1c2sc(=S)n(Cc3ccco3)c2nc(SCc2cc(=O)n3cc(Cl)ccc3n2)n1-c1ccc(F)cc1. The largest absolute Gasteiger partial charge is 0.467 e. The summed E-state index contributed by atoms with van der Waals surface area (Å²) in [5.41, 5.74) is 1.20. The zero-order chi connectivity index (χ0) is 26.4.